The molecule has 0 unspecified atom stereocenters. The summed E-state index contributed by atoms with van der Waals surface area (Å²) in [6.07, 6.45) is 0. The van der Waals surface area contributed by atoms with Crippen LogP contribution in [0.1, 0.15) is 16.2 Å². The highest BCUT2D eigenvalue weighted by Gasteiger charge is 2.20. The number of hydrogen-bond acceptors (Lipinski definition) is 5. The zero-order valence-electron chi connectivity index (χ0n) is 8.77. The molecule has 0 spiro atoms. The molecule has 1 N–H and O–H groups in total. The van der Waals surface area contributed by atoms with Crippen LogP contribution in [-0.2, 0) is 11.3 Å². The van der Waals surface area contributed by atoms with Gasteiger partial charge in [0.15, 0.2) is 0 Å². The van der Waals surface area contributed by atoms with Gasteiger partial charge in [-0.1, -0.05) is 0 Å². The summed E-state index contributed by atoms with van der Waals surface area (Å²) < 4.78 is 11.0. The number of ether oxygens (including phenoxy) is 1. The van der Waals surface area contributed by atoms with Crippen molar-refractivity contribution in [2.45, 2.75) is 6.61 Å². The van der Waals surface area contributed by atoms with Crippen molar-refractivity contribution >= 4 is 33.2 Å². The predicted molar refractivity (Wildman–Crippen MR) is 65.2 cm³/mol. The number of aromatic nitrogens is 1. The molecule has 7 heteroatoms. The Labute approximate surface area is 109 Å². The molecule has 0 saturated heterocycles. The van der Waals surface area contributed by atoms with Crippen molar-refractivity contribution in [3.05, 3.63) is 26.7 Å². The van der Waals surface area contributed by atoms with Crippen LogP contribution in [-0.4, -0.2) is 23.2 Å². The number of nitrogens with zero attached hydrogens (tertiary/aromatic N) is 1. The molecule has 0 aliphatic heterocycles. The average Bonchev–Trinajstić information content (AvgIpc) is 2.85. The Morgan fingerprint density at radius 1 is 1.71 bits per heavy atom. The fourth-order valence-electron chi connectivity index (χ4n) is 1.30. The Kier molecular flexibility index (Phi) is 3.60. The van der Waals surface area contributed by atoms with Gasteiger partial charge < -0.3 is 14.3 Å². The quantitative estimate of drug-likeness (QED) is 0.938. The minimum absolute atomic E-state index is 0.108. The van der Waals surface area contributed by atoms with E-state index in [0.717, 1.165) is 9.35 Å². The Morgan fingerprint density at radius 3 is 3.00 bits per heavy atom. The second-order valence-corrected chi connectivity index (χ2v) is 5.46. The topological polar surface area (TPSA) is 72.6 Å². The molecular formula is C10H8BrNO4S. The van der Waals surface area contributed by atoms with E-state index in [1.54, 1.807) is 0 Å². The lowest BCUT2D eigenvalue weighted by molar-refractivity contribution is 0.0656. The second kappa shape index (κ2) is 4.99. The molecule has 2 heterocycles. The Balaban J connectivity index is 2.43. The van der Waals surface area contributed by atoms with Crippen molar-refractivity contribution in [1.29, 1.82) is 0 Å². The van der Waals surface area contributed by atoms with Gasteiger partial charge in [0.05, 0.1) is 10.4 Å². The molecular weight excluding hydrogens is 310 g/mol. The third-order valence-electron chi connectivity index (χ3n) is 1.99. The summed E-state index contributed by atoms with van der Waals surface area (Å²) >= 11 is 4.80. The van der Waals surface area contributed by atoms with E-state index in [2.05, 4.69) is 20.9 Å². The monoisotopic (exact) mass is 317 g/mol. The number of aromatic carboxylic acids is 1. The van der Waals surface area contributed by atoms with Crippen molar-refractivity contribution in [3.8, 4) is 11.5 Å². The Hall–Kier alpha value is -1.18. The molecule has 2 rings (SSSR count). The van der Waals surface area contributed by atoms with Crippen molar-refractivity contribution in [2.24, 2.45) is 0 Å². The first kappa shape index (κ1) is 12.3. The molecule has 2 aromatic rings. The van der Waals surface area contributed by atoms with E-state index < -0.39 is 5.97 Å². The fourth-order valence-corrected chi connectivity index (χ4v) is 2.43. The largest absolute Gasteiger partial charge is 0.475 e. The first-order valence-electron chi connectivity index (χ1n) is 4.58. The van der Waals surface area contributed by atoms with Gasteiger partial charge in [0.2, 0.25) is 11.7 Å². The number of carboxylic acid groups (broad SMARTS) is 1. The molecule has 0 aromatic carbocycles. The minimum atomic E-state index is -1.15. The smallest absolute Gasteiger partial charge is 0.373 e. The Morgan fingerprint density at radius 2 is 2.47 bits per heavy atom. The molecule has 0 atom stereocenters. The second-order valence-electron chi connectivity index (χ2n) is 3.17. The van der Waals surface area contributed by atoms with Crippen molar-refractivity contribution in [1.82, 2.24) is 4.98 Å². The van der Waals surface area contributed by atoms with Gasteiger partial charge in [-0.3, -0.25) is 0 Å². The van der Waals surface area contributed by atoms with Crippen LogP contribution in [0.15, 0.2) is 19.6 Å². The van der Waals surface area contributed by atoms with Crippen molar-refractivity contribution in [2.75, 3.05) is 7.11 Å². The maximum absolute atomic E-state index is 11.0. The number of carboxylic acids is 1. The third-order valence-corrected chi connectivity index (χ3v) is 3.49. The van der Waals surface area contributed by atoms with Gasteiger partial charge in [0.25, 0.3) is 0 Å². The lowest BCUT2D eigenvalue weighted by Gasteiger charge is -1.92. The lowest BCUT2D eigenvalue weighted by atomic mass is 10.3. The summed E-state index contributed by atoms with van der Waals surface area (Å²) in [6.45, 7) is 0.108. The molecule has 5 nitrogen and oxygen atoms in total. The van der Waals surface area contributed by atoms with Gasteiger partial charge in [-0.15, -0.1) is 11.3 Å². The normalized spacial score (nSPS) is 10.7. The van der Waals surface area contributed by atoms with Gasteiger partial charge in [-0.05, 0) is 22.0 Å². The summed E-state index contributed by atoms with van der Waals surface area (Å²) in [5.41, 5.74) is 1.03. The molecule has 0 bridgehead atoms. The van der Waals surface area contributed by atoms with Gasteiger partial charge in [-0.2, -0.15) is 0 Å². The van der Waals surface area contributed by atoms with Crippen LogP contribution in [0.2, 0.25) is 0 Å². The molecule has 0 fully saturated rings. The highest BCUT2D eigenvalue weighted by atomic mass is 79.9. The van der Waals surface area contributed by atoms with Crippen LogP contribution < -0.4 is 0 Å². The third kappa shape index (κ3) is 2.56. The number of halogens is 1. The number of thiophene rings is 1. The average molecular weight is 318 g/mol. The summed E-state index contributed by atoms with van der Waals surface area (Å²) in [6, 6.07) is 1.82. The van der Waals surface area contributed by atoms with Gasteiger partial charge >= 0.3 is 5.97 Å². The van der Waals surface area contributed by atoms with E-state index in [0.29, 0.717) is 0 Å². The van der Waals surface area contributed by atoms with Crippen molar-refractivity contribution < 1.29 is 19.1 Å². The molecule has 0 amide bonds. The maximum atomic E-state index is 11.0. The van der Waals surface area contributed by atoms with Crippen LogP contribution in [0.25, 0.3) is 11.5 Å². The highest BCUT2D eigenvalue weighted by Crippen LogP contribution is 2.29. The number of rotatable bonds is 4. The van der Waals surface area contributed by atoms with Crippen LogP contribution in [0.5, 0.6) is 0 Å². The Bertz CT molecular complexity index is 548. The lowest BCUT2D eigenvalue weighted by Crippen LogP contribution is -2.00. The van der Waals surface area contributed by atoms with E-state index in [9.17, 15) is 4.79 Å². The molecule has 2 aromatic heterocycles. The molecule has 90 valence electrons. The zero-order valence-corrected chi connectivity index (χ0v) is 11.2. The van der Waals surface area contributed by atoms with E-state index in [-0.39, 0.29) is 24.0 Å². The van der Waals surface area contributed by atoms with E-state index in [4.69, 9.17) is 14.3 Å². The van der Waals surface area contributed by atoms with Crippen molar-refractivity contribution in [3.63, 3.8) is 0 Å². The number of oxazole rings is 1. The van der Waals surface area contributed by atoms with E-state index in [1.807, 2.05) is 11.4 Å². The number of hydrogen-bond donors (Lipinski definition) is 1. The molecule has 0 aliphatic carbocycles. The molecule has 0 aliphatic rings. The molecule has 0 radical (unpaired) electrons. The summed E-state index contributed by atoms with van der Waals surface area (Å²) in [7, 11) is 1.47. The van der Waals surface area contributed by atoms with Crippen LogP contribution in [0.4, 0.5) is 0 Å². The van der Waals surface area contributed by atoms with Crippen LogP contribution in [0.3, 0.4) is 0 Å². The van der Waals surface area contributed by atoms with E-state index in [1.165, 1.54) is 18.4 Å². The maximum Gasteiger partial charge on any atom is 0.373 e. The SMILES string of the molecule is COCc1nc(-c2csc(Br)c2)oc1C(=O)O. The van der Waals surface area contributed by atoms with Gasteiger partial charge in [0.1, 0.15) is 5.69 Å². The standard InChI is InChI=1S/C10H8BrNO4S/c1-15-3-6-8(10(13)14)16-9(12-6)5-2-7(11)17-4-5/h2,4H,3H2,1H3,(H,13,14). The first-order chi connectivity index (χ1) is 8.11. The van der Waals surface area contributed by atoms with Gasteiger partial charge in [0, 0.05) is 18.1 Å². The summed E-state index contributed by atoms with van der Waals surface area (Å²) in [5.74, 6) is -1.04. The summed E-state index contributed by atoms with van der Waals surface area (Å²) in [5, 5.41) is 10.8. The minimum Gasteiger partial charge on any atom is -0.475 e. The summed E-state index contributed by atoms with van der Waals surface area (Å²) in [4.78, 5) is 15.1. The highest BCUT2D eigenvalue weighted by molar-refractivity contribution is 9.11. The molecule has 17 heavy (non-hydrogen) atoms. The fraction of sp³-hybridized carbons (Fsp3) is 0.200. The molecule has 0 saturated carbocycles. The van der Waals surface area contributed by atoms with E-state index >= 15 is 0 Å². The first-order valence-corrected chi connectivity index (χ1v) is 6.25. The zero-order chi connectivity index (χ0) is 12.4. The number of carbonyl (C=O) groups is 1. The number of methoxy groups -OCH3 is 1. The van der Waals surface area contributed by atoms with Crippen LogP contribution >= 0.6 is 27.3 Å². The van der Waals surface area contributed by atoms with Gasteiger partial charge in [-0.25, -0.2) is 9.78 Å². The predicted octanol–water partition coefficient (Wildman–Crippen LogP) is 3.01. The van der Waals surface area contributed by atoms with Crippen LogP contribution in [0, 0.1) is 0 Å².